The van der Waals surface area contributed by atoms with E-state index in [2.05, 4.69) is 26.6 Å². The Hall–Kier alpha value is -3.09. The number of carbonyl (C=O) groups is 1. The van der Waals surface area contributed by atoms with E-state index in [-0.39, 0.29) is 5.91 Å². The first-order valence-corrected chi connectivity index (χ1v) is 8.85. The molecule has 26 heavy (non-hydrogen) atoms. The summed E-state index contributed by atoms with van der Waals surface area (Å²) in [6, 6.07) is 9.64. The van der Waals surface area contributed by atoms with E-state index in [1.54, 1.807) is 0 Å². The van der Waals surface area contributed by atoms with Crippen molar-refractivity contribution < 1.29 is 4.79 Å². The number of nitrogens with one attached hydrogen (secondary N) is 3. The predicted molar refractivity (Wildman–Crippen MR) is 104 cm³/mol. The van der Waals surface area contributed by atoms with Gasteiger partial charge >= 0.3 is 0 Å². The molecule has 0 spiro atoms. The summed E-state index contributed by atoms with van der Waals surface area (Å²) in [7, 11) is 0. The molecule has 1 saturated heterocycles. The van der Waals surface area contributed by atoms with E-state index in [0.29, 0.717) is 0 Å². The van der Waals surface area contributed by atoms with Crippen LogP contribution in [0.15, 0.2) is 30.3 Å². The molecule has 1 amide bonds. The van der Waals surface area contributed by atoms with Crippen molar-refractivity contribution >= 4 is 40.1 Å². The van der Waals surface area contributed by atoms with E-state index in [0.717, 1.165) is 53.0 Å². The van der Waals surface area contributed by atoms with Crippen LogP contribution in [0, 0.1) is 6.92 Å². The van der Waals surface area contributed by atoms with Gasteiger partial charge in [-0.15, -0.1) is 0 Å². The number of aryl methyl sites for hydroxylation is 1. The van der Waals surface area contributed by atoms with Crippen molar-refractivity contribution in [2.24, 2.45) is 0 Å². The predicted octanol–water partition coefficient (Wildman–Crippen LogP) is 3.57. The van der Waals surface area contributed by atoms with Gasteiger partial charge in [-0.2, -0.15) is 9.97 Å². The molecule has 1 aromatic carbocycles. The maximum Gasteiger partial charge on any atom is 0.229 e. The smallest absolute Gasteiger partial charge is 0.229 e. The molecule has 0 unspecified atom stereocenters. The third kappa shape index (κ3) is 3.33. The summed E-state index contributed by atoms with van der Waals surface area (Å²) < 4.78 is 0. The van der Waals surface area contributed by atoms with Crippen LogP contribution in [0.25, 0.3) is 11.0 Å². The van der Waals surface area contributed by atoms with Gasteiger partial charge in [0.1, 0.15) is 11.5 Å². The molecule has 0 bridgehead atoms. The van der Waals surface area contributed by atoms with Gasteiger partial charge in [-0.1, -0.05) is 0 Å². The molecule has 7 nitrogen and oxygen atoms in total. The molecular weight excluding hydrogens is 328 g/mol. The monoisotopic (exact) mass is 350 g/mol. The lowest BCUT2D eigenvalue weighted by Gasteiger charge is -2.17. The second-order valence-corrected chi connectivity index (χ2v) is 6.66. The summed E-state index contributed by atoms with van der Waals surface area (Å²) in [5, 5.41) is 7.13. The maximum absolute atomic E-state index is 11.1. The van der Waals surface area contributed by atoms with Crippen LogP contribution in [0.2, 0.25) is 0 Å². The van der Waals surface area contributed by atoms with Crippen LogP contribution in [-0.2, 0) is 4.79 Å². The molecule has 2 aromatic heterocycles. The Balaban J connectivity index is 1.67. The Labute approximate surface area is 151 Å². The largest absolute Gasteiger partial charge is 0.343 e. The van der Waals surface area contributed by atoms with E-state index in [4.69, 9.17) is 9.97 Å². The van der Waals surface area contributed by atoms with Gasteiger partial charge in [0.05, 0.1) is 5.39 Å². The van der Waals surface area contributed by atoms with Crippen molar-refractivity contribution in [3.05, 3.63) is 36.0 Å². The number of benzene rings is 1. The summed E-state index contributed by atoms with van der Waals surface area (Å²) in [6.07, 6.45) is 2.36. The van der Waals surface area contributed by atoms with Gasteiger partial charge in [-0.05, 0) is 50.1 Å². The summed E-state index contributed by atoms with van der Waals surface area (Å²) in [6.45, 7) is 5.51. The minimum absolute atomic E-state index is 0.0822. The van der Waals surface area contributed by atoms with Crippen LogP contribution in [0.1, 0.15) is 25.5 Å². The zero-order valence-electron chi connectivity index (χ0n) is 15.0. The Bertz CT molecular complexity index is 941. The normalized spacial score (nSPS) is 14.0. The summed E-state index contributed by atoms with van der Waals surface area (Å²) in [5.74, 6) is 1.46. The molecule has 7 heteroatoms. The lowest BCUT2D eigenvalue weighted by Crippen LogP contribution is -2.20. The highest BCUT2D eigenvalue weighted by Gasteiger charge is 2.18. The van der Waals surface area contributed by atoms with Gasteiger partial charge in [0.15, 0.2) is 0 Å². The average Bonchev–Trinajstić information content (AvgIpc) is 3.25. The quantitative estimate of drug-likeness (QED) is 0.670. The molecule has 0 aliphatic carbocycles. The van der Waals surface area contributed by atoms with Gasteiger partial charge in [0.2, 0.25) is 11.9 Å². The van der Waals surface area contributed by atoms with E-state index in [9.17, 15) is 4.79 Å². The fourth-order valence-electron chi connectivity index (χ4n) is 3.26. The summed E-state index contributed by atoms with van der Waals surface area (Å²) >= 11 is 0. The van der Waals surface area contributed by atoms with Crippen LogP contribution < -0.4 is 15.5 Å². The molecule has 1 aliphatic heterocycles. The number of amides is 1. The van der Waals surface area contributed by atoms with Gasteiger partial charge < -0.3 is 20.5 Å². The average molecular weight is 350 g/mol. The molecule has 4 rings (SSSR count). The first-order chi connectivity index (χ1) is 12.6. The van der Waals surface area contributed by atoms with Crippen LogP contribution in [0.4, 0.5) is 23.1 Å². The van der Waals surface area contributed by atoms with Crippen LogP contribution in [0.3, 0.4) is 0 Å². The highest BCUT2D eigenvalue weighted by molar-refractivity contribution is 5.91. The highest BCUT2D eigenvalue weighted by Crippen LogP contribution is 2.28. The minimum atomic E-state index is -0.0822. The number of rotatable bonds is 4. The highest BCUT2D eigenvalue weighted by atomic mass is 16.1. The van der Waals surface area contributed by atoms with Crippen molar-refractivity contribution in [2.75, 3.05) is 28.6 Å². The van der Waals surface area contributed by atoms with E-state index in [1.807, 2.05) is 31.2 Å². The second kappa shape index (κ2) is 6.67. The number of aromatic nitrogens is 3. The molecule has 1 fully saturated rings. The van der Waals surface area contributed by atoms with E-state index < -0.39 is 0 Å². The minimum Gasteiger partial charge on any atom is -0.343 e. The number of hydrogen-bond acceptors (Lipinski definition) is 5. The van der Waals surface area contributed by atoms with E-state index in [1.165, 1.54) is 19.8 Å². The Morgan fingerprint density at radius 1 is 1.12 bits per heavy atom. The Kier molecular flexibility index (Phi) is 4.20. The zero-order valence-corrected chi connectivity index (χ0v) is 15.0. The number of hydrogen-bond donors (Lipinski definition) is 3. The zero-order chi connectivity index (χ0) is 18.1. The number of fused-ring (bicyclic) bond motifs is 1. The lowest BCUT2D eigenvalue weighted by molar-refractivity contribution is -0.114. The SMILES string of the molecule is CC(=O)Nc1ccc(Nc2nc(N3CCCC3)nc3[nH]c(C)cc23)cc1. The van der Waals surface area contributed by atoms with Crippen molar-refractivity contribution in [3.8, 4) is 0 Å². The molecule has 0 atom stereocenters. The third-order valence-corrected chi connectivity index (χ3v) is 4.47. The van der Waals surface area contributed by atoms with Gasteiger partial charge in [0.25, 0.3) is 0 Å². The third-order valence-electron chi connectivity index (χ3n) is 4.47. The molecule has 134 valence electrons. The van der Waals surface area contributed by atoms with Crippen molar-refractivity contribution in [1.82, 2.24) is 15.0 Å². The van der Waals surface area contributed by atoms with Crippen LogP contribution >= 0.6 is 0 Å². The number of anilines is 4. The standard InChI is InChI=1S/C19H22N6O/c1-12-11-16-17(20-12)23-19(25-9-3-4-10-25)24-18(16)22-15-7-5-14(6-8-15)21-13(2)26/h5-8,11H,3-4,9-10H2,1-2H3,(H,21,26)(H2,20,22,23,24). The number of aromatic amines is 1. The summed E-state index contributed by atoms with van der Waals surface area (Å²) in [5.41, 5.74) is 3.57. The van der Waals surface area contributed by atoms with Gasteiger partial charge in [-0.25, -0.2) is 0 Å². The lowest BCUT2D eigenvalue weighted by atomic mass is 10.2. The number of H-pyrrole nitrogens is 1. The van der Waals surface area contributed by atoms with Crippen LogP contribution in [-0.4, -0.2) is 33.9 Å². The molecule has 1 aliphatic rings. The second-order valence-electron chi connectivity index (χ2n) is 6.66. The summed E-state index contributed by atoms with van der Waals surface area (Å²) in [4.78, 5) is 26.2. The van der Waals surface area contributed by atoms with Crippen molar-refractivity contribution in [2.45, 2.75) is 26.7 Å². The topological polar surface area (TPSA) is 85.9 Å². The molecule has 3 heterocycles. The number of nitrogens with zero attached hydrogens (tertiary/aromatic N) is 3. The Morgan fingerprint density at radius 2 is 1.81 bits per heavy atom. The van der Waals surface area contributed by atoms with Gasteiger partial charge in [-0.3, -0.25) is 4.79 Å². The molecule has 0 radical (unpaired) electrons. The van der Waals surface area contributed by atoms with Gasteiger partial charge in [0, 0.05) is 37.1 Å². The fourth-order valence-corrected chi connectivity index (χ4v) is 3.26. The van der Waals surface area contributed by atoms with Crippen LogP contribution in [0.5, 0.6) is 0 Å². The fraction of sp³-hybridized carbons (Fsp3) is 0.316. The Morgan fingerprint density at radius 3 is 2.50 bits per heavy atom. The molecule has 0 saturated carbocycles. The first-order valence-electron chi connectivity index (χ1n) is 8.85. The number of carbonyl (C=O) groups excluding carboxylic acids is 1. The molecular formula is C19H22N6O. The molecule has 3 N–H and O–H groups in total. The first kappa shape index (κ1) is 16.4. The maximum atomic E-state index is 11.1. The molecule has 3 aromatic rings. The van der Waals surface area contributed by atoms with Crippen molar-refractivity contribution in [1.29, 1.82) is 0 Å². The van der Waals surface area contributed by atoms with E-state index >= 15 is 0 Å². The van der Waals surface area contributed by atoms with Crippen molar-refractivity contribution in [3.63, 3.8) is 0 Å².